The SMILES string of the molecule is CC1(C)Cc2c(F)cccc2C(c2nnc3ccccc3c2N)=N1. The molecule has 5 heteroatoms. The van der Waals surface area contributed by atoms with Crippen molar-refractivity contribution in [2.24, 2.45) is 4.99 Å². The molecular weight excluding hydrogens is 303 g/mol. The molecule has 4 rings (SSSR count). The molecule has 0 fully saturated rings. The Labute approximate surface area is 139 Å². The van der Waals surface area contributed by atoms with E-state index in [0.29, 0.717) is 29.1 Å². The lowest BCUT2D eigenvalue weighted by molar-refractivity contribution is 0.492. The zero-order valence-electron chi connectivity index (χ0n) is 13.5. The van der Waals surface area contributed by atoms with Crippen LogP contribution in [-0.4, -0.2) is 21.4 Å². The number of aliphatic imine (C=N–C) groups is 1. The van der Waals surface area contributed by atoms with Crippen LogP contribution >= 0.6 is 0 Å². The van der Waals surface area contributed by atoms with Crippen molar-refractivity contribution in [2.45, 2.75) is 25.8 Å². The van der Waals surface area contributed by atoms with Crippen LogP contribution in [0.15, 0.2) is 47.5 Å². The van der Waals surface area contributed by atoms with Gasteiger partial charge in [-0.15, -0.1) is 10.2 Å². The van der Waals surface area contributed by atoms with Gasteiger partial charge in [-0.1, -0.05) is 30.3 Å². The first-order valence-corrected chi connectivity index (χ1v) is 7.85. The van der Waals surface area contributed by atoms with Crippen LogP contribution in [0, 0.1) is 5.82 Å². The summed E-state index contributed by atoms with van der Waals surface area (Å²) in [4.78, 5) is 4.80. The number of fused-ring (bicyclic) bond motifs is 2. The van der Waals surface area contributed by atoms with Gasteiger partial charge in [0.15, 0.2) is 0 Å². The van der Waals surface area contributed by atoms with Crippen LogP contribution in [0.1, 0.15) is 30.7 Å². The lowest BCUT2D eigenvalue weighted by Gasteiger charge is -2.29. The first kappa shape index (κ1) is 14.8. The fourth-order valence-corrected chi connectivity index (χ4v) is 3.22. The number of benzene rings is 2. The monoisotopic (exact) mass is 320 g/mol. The first-order chi connectivity index (χ1) is 11.5. The number of hydrogen-bond donors (Lipinski definition) is 1. The van der Waals surface area contributed by atoms with Crippen LogP contribution in [0.2, 0.25) is 0 Å². The second kappa shape index (κ2) is 5.09. The second-order valence-corrected chi connectivity index (χ2v) is 6.70. The van der Waals surface area contributed by atoms with Gasteiger partial charge in [-0.3, -0.25) is 4.99 Å². The van der Waals surface area contributed by atoms with Crippen molar-refractivity contribution in [2.75, 3.05) is 5.73 Å². The van der Waals surface area contributed by atoms with E-state index in [9.17, 15) is 4.39 Å². The Balaban J connectivity index is 2.01. The van der Waals surface area contributed by atoms with Crippen LogP contribution in [-0.2, 0) is 6.42 Å². The molecule has 0 saturated carbocycles. The number of hydrogen-bond acceptors (Lipinski definition) is 4. The molecule has 0 atom stereocenters. The zero-order chi connectivity index (χ0) is 16.9. The Hall–Kier alpha value is -2.82. The van der Waals surface area contributed by atoms with E-state index in [1.165, 1.54) is 6.07 Å². The molecule has 1 aliphatic rings. The van der Waals surface area contributed by atoms with Crippen molar-refractivity contribution in [3.63, 3.8) is 0 Å². The summed E-state index contributed by atoms with van der Waals surface area (Å²) in [7, 11) is 0. The van der Waals surface area contributed by atoms with Crippen LogP contribution in [0.5, 0.6) is 0 Å². The molecular formula is C19H17FN4. The summed E-state index contributed by atoms with van der Waals surface area (Å²) in [6.45, 7) is 3.96. The summed E-state index contributed by atoms with van der Waals surface area (Å²) in [5, 5.41) is 9.38. The van der Waals surface area contributed by atoms with E-state index in [1.807, 2.05) is 44.2 Å². The molecule has 1 aliphatic heterocycles. The van der Waals surface area contributed by atoms with Gasteiger partial charge < -0.3 is 5.73 Å². The lowest BCUT2D eigenvalue weighted by Crippen LogP contribution is -2.31. The minimum absolute atomic E-state index is 0.222. The van der Waals surface area contributed by atoms with E-state index in [-0.39, 0.29) is 5.82 Å². The minimum Gasteiger partial charge on any atom is -0.396 e. The number of halogens is 1. The normalized spacial score (nSPS) is 15.9. The molecule has 0 amide bonds. The van der Waals surface area contributed by atoms with Crippen molar-refractivity contribution in [1.82, 2.24) is 10.2 Å². The Morgan fingerprint density at radius 1 is 1.04 bits per heavy atom. The molecule has 0 radical (unpaired) electrons. The third-order valence-corrected chi connectivity index (χ3v) is 4.33. The summed E-state index contributed by atoms with van der Waals surface area (Å²) < 4.78 is 14.3. The number of nitrogens with two attached hydrogens (primary N) is 1. The largest absolute Gasteiger partial charge is 0.396 e. The Bertz CT molecular complexity index is 992. The minimum atomic E-state index is -0.426. The van der Waals surface area contributed by atoms with E-state index >= 15 is 0 Å². The number of anilines is 1. The van der Waals surface area contributed by atoms with E-state index in [1.54, 1.807) is 6.07 Å². The topological polar surface area (TPSA) is 64.2 Å². The van der Waals surface area contributed by atoms with E-state index < -0.39 is 5.54 Å². The smallest absolute Gasteiger partial charge is 0.135 e. The molecule has 4 nitrogen and oxygen atoms in total. The number of nitrogens with zero attached hydrogens (tertiary/aromatic N) is 3. The predicted molar refractivity (Wildman–Crippen MR) is 93.8 cm³/mol. The van der Waals surface area contributed by atoms with Crippen LogP contribution < -0.4 is 5.73 Å². The van der Waals surface area contributed by atoms with Gasteiger partial charge in [0.1, 0.15) is 11.5 Å². The molecule has 0 spiro atoms. The molecule has 2 aromatic carbocycles. The number of rotatable bonds is 1. The molecule has 0 unspecified atom stereocenters. The van der Waals surface area contributed by atoms with E-state index in [0.717, 1.165) is 16.5 Å². The molecule has 1 aromatic heterocycles. The molecule has 0 aliphatic carbocycles. The van der Waals surface area contributed by atoms with E-state index in [4.69, 9.17) is 10.7 Å². The molecule has 2 heterocycles. The highest BCUT2D eigenvalue weighted by molar-refractivity contribution is 6.18. The van der Waals surface area contributed by atoms with Gasteiger partial charge >= 0.3 is 0 Å². The zero-order valence-corrected chi connectivity index (χ0v) is 13.5. The standard InChI is InChI=1S/C19H17FN4/c1-19(2)10-13-11(7-5-8-14(13)20)17(22-19)18-16(21)12-6-3-4-9-15(12)23-24-18/h3-9H,10H2,1-2H3,(H2,21,23). The Kier molecular flexibility index (Phi) is 3.13. The maximum Gasteiger partial charge on any atom is 0.135 e. The molecule has 24 heavy (non-hydrogen) atoms. The van der Waals surface area contributed by atoms with Gasteiger partial charge in [-0.2, -0.15) is 0 Å². The highest BCUT2D eigenvalue weighted by Crippen LogP contribution is 2.33. The van der Waals surface area contributed by atoms with Crippen molar-refractivity contribution in [1.29, 1.82) is 0 Å². The average molecular weight is 320 g/mol. The van der Waals surface area contributed by atoms with Gasteiger partial charge in [-0.25, -0.2) is 4.39 Å². The Morgan fingerprint density at radius 2 is 1.83 bits per heavy atom. The number of aromatic nitrogens is 2. The summed E-state index contributed by atoms with van der Waals surface area (Å²) in [6, 6.07) is 12.6. The summed E-state index contributed by atoms with van der Waals surface area (Å²) >= 11 is 0. The highest BCUT2D eigenvalue weighted by atomic mass is 19.1. The van der Waals surface area contributed by atoms with Crippen LogP contribution in [0.25, 0.3) is 10.9 Å². The van der Waals surface area contributed by atoms with Gasteiger partial charge in [0, 0.05) is 17.4 Å². The fraction of sp³-hybridized carbons (Fsp3) is 0.211. The predicted octanol–water partition coefficient (Wildman–Crippen LogP) is 3.52. The molecule has 2 N–H and O–H groups in total. The molecule has 0 saturated heterocycles. The maximum absolute atomic E-state index is 14.3. The van der Waals surface area contributed by atoms with Crippen molar-refractivity contribution < 1.29 is 4.39 Å². The first-order valence-electron chi connectivity index (χ1n) is 7.85. The van der Waals surface area contributed by atoms with Crippen LogP contribution in [0.4, 0.5) is 10.1 Å². The summed E-state index contributed by atoms with van der Waals surface area (Å²) in [6.07, 6.45) is 0.541. The molecule has 120 valence electrons. The van der Waals surface area contributed by atoms with Crippen LogP contribution in [0.3, 0.4) is 0 Å². The average Bonchev–Trinajstić information content (AvgIpc) is 2.55. The lowest BCUT2D eigenvalue weighted by atomic mass is 9.85. The quantitative estimate of drug-likeness (QED) is 0.746. The Morgan fingerprint density at radius 3 is 2.67 bits per heavy atom. The fourth-order valence-electron chi connectivity index (χ4n) is 3.22. The summed E-state index contributed by atoms with van der Waals surface area (Å²) in [5.41, 5.74) is 9.69. The van der Waals surface area contributed by atoms with Crippen molar-refractivity contribution >= 4 is 22.3 Å². The van der Waals surface area contributed by atoms with Gasteiger partial charge in [-0.05, 0) is 31.5 Å². The van der Waals surface area contributed by atoms with Gasteiger partial charge in [0.05, 0.1) is 22.5 Å². The summed E-state index contributed by atoms with van der Waals surface area (Å²) in [5.74, 6) is -0.222. The van der Waals surface area contributed by atoms with Gasteiger partial charge in [0.25, 0.3) is 0 Å². The van der Waals surface area contributed by atoms with Crippen molar-refractivity contribution in [3.05, 3.63) is 65.1 Å². The highest BCUT2D eigenvalue weighted by Gasteiger charge is 2.31. The van der Waals surface area contributed by atoms with E-state index in [2.05, 4.69) is 10.2 Å². The maximum atomic E-state index is 14.3. The van der Waals surface area contributed by atoms with Crippen molar-refractivity contribution in [3.8, 4) is 0 Å². The third kappa shape index (κ3) is 2.24. The molecule has 3 aromatic rings. The van der Waals surface area contributed by atoms with Gasteiger partial charge in [0.2, 0.25) is 0 Å². The number of nitrogen functional groups attached to an aromatic ring is 1. The second-order valence-electron chi connectivity index (χ2n) is 6.70. The molecule has 0 bridgehead atoms. The third-order valence-electron chi connectivity index (χ3n) is 4.33.